The second-order valence-electron chi connectivity index (χ2n) is 17.9. The van der Waals surface area contributed by atoms with Crippen LogP contribution in [0.3, 0.4) is 0 Å². The minimum atomic E-state index is -0.778. The lowest BCUT2D eigenvalue weighted by atomic mass is 9.83. The Labute approximate surface area is 356 Å². The molecule has 3 N–H and O–H groups in total. The molecule has 3 amide bonds. The van der Waals surface area contributed by atoms with Gasteiger partial charge in [0.25, 0.3) is 0 Å². The normalized spacial score (nSPS) is 19.1. The summed E-state index contributed by atoms with van der Waals surface area (Å²) in [5, 5.41) is 10.9. The Hall–Kier alpha value is -3.19. The Balaban J connectivity index is 2.26. The molecule has 0 saturated carbocycles. The predicted molar refractivity (Wildman–Crippen MR) is 233 cm³/mol. The monoisotopic (exact) mass is 829 g/mol. The molecule has 12 nitrogen and oxygen atoms in total. The number of hydrogen-bond acceptors (Lipinski definition) is 9. The van der Waals surface area contributed by atoms with Gasteiger partial charge in [0.15, 0.2) is 5.78 Å². The number of ketones is 2. The summed E-state index contributed by atoms with van der Waals surface area (Å²) in [5.74, 6) is -2.36. The summed E-state index contributed by atoms with van der Waals surface area (Å²) in [6.45, 7) is 16.6. The van der Waals surface area contributed by atoms with E-state index in [0.717, 1.165) is 31.2 Å². The number of benzene rings is 1. The number of carbonyl (C=O) groups is 5. The Kier molecular flexibility index (Phi) is 22.5. The number of amides is 3. The number of aliphatic hydroxyl groups excluding tert-OH is 1. The number of Topliss-reactive ketones (excluding diaryl/α,β-unsaturated/α-hetero) is 2. The number of carbonyl (C=O) groups excluding carboxylic acids is 5. The number of nitrogens with zero attached hydrogens (tertiary/aromatic N) is 3. The summed E-state index contributed by atoms with van der Waals surface area (Å²) in [7, 11) is 6.57. The van der Waals surface area contributed by atoms with Crippen molar-refractivity contribution in [3.63, 3.8) is 0 Å². The van der Waals surface area contributed by atoms with E-state index in [4.69, 9.17) is 15.2 Å². The van der Waals surface area contributed by atoms with Gasteiger partial charge in [0.1, 0.15) is 5.78 Å². The molecule has 10 atom stereocenters. The molecule has 2 rings (SSSR count). The molecule has 1 aromatic carbocycles. The van der Waals surface area contributed by atoms with Crippen LogP contribution < -0.4 is 5.73 Å². The van der Waals surface area contributed by atoms with Gasteiger partial charge in [0.05, 0.1) is 42.9 Å². The minimum absolute atomic E-state index is 0.00690. The Morgan fingerprint density at radius 1 is 0.831 bits per heavy atom. The van der Waals surface area contributed by atoms with Crippen LogP contribution in [0.2, 0.25) is 0 Å². The van der Waals surface area contributed by atoms with E-state index in [1.165, 1.54) is 0 Å². The average molecular weight is 829 g/mol. The van der Waals surface area contributed by atoms with Gasteiger partial charge in [-0.1, -0.05) is 98.6 Å². The molecule has 0 aliphatic carbocycles. The van der Waals surface area contributed by atoms with Gasteiger partial charge in [-0.2, -0.15) is 0 Å². The fraction of sp³-hybridized carbons (Fsp3) is 0.766. The molecule has 1 aliphatic rings. The molecule has 12 heteroatoms. The van der Waals surface area contributed by atoms with Crippen molar-refractivity contribution in [2.24, 2.45) is 41.2 Å². The van der Waals surface area contributed by atoms with Gasteiger partial charge >= 0.3 is 0 Å². The summed E-state index contributed by atoms with van der Waals surface area (Å²) in [6.07, 6.45) is 3.18. The van der Waals surface area contributed by atoms with Crippen molar-refractivity contribution in [1.29, 1.82) is 0 Å². The van der Waals surface area contributed by atoms with Crippen molar-refractivity contribution in [3.8, 4) is 0 Å². The van der Waals surface area contributed by atoms with Gasteiger partial charge < -0.3 is 35.0 Å². The smallest absolute Gasteiger partial charge is 0.226 e. The minimum Gasteiger partial charge on any atom is -0.388 e. The zero-order valence-electron chi connectivity index (χ0n) is 38.5. The van der Waals surface area contributed by atoms with Crippen LogP contribution in [0.15, 0.2) is 30.3 Å². The molecule has 0 aromatic heterocycles. The zero-order chi connectivity index (χ0) is 44.6. The highest BCUT2D eigenvalue weighted by molar-refractivity contribution is 5.93. The second kappa shape index (κ2) is 25.6. The number of hydrogen-bond donors (Lipinski definition) is 2. The Morgan fingerprint density at radius 2 is 1.47 bits per heavy atom. The fourth-order valence-corrected chi connectivity index (χ4v) is 9.10. The van der Waals surface area contributed by atoms with Crippen LogP contribution in [-0.2, 0) is 33.4 Å². The average Bonchev–Trinajstić information content (AvgIpc) is 3.70. The topological polar surface area (TPSA) is 160 Å². The van der Waals surface area contributed by atoms with Crippen LogP contribution in [0, 0.1) is 35.5 Å². The van der Waals surface area contributed by atoms with Gasteiger partial charge in [0.2, 0.25) is 17.7 Å². The molecular formula is C47H80N4O8. The largest absolute Gasteiger partial charge is 0.388 e. The third-order valence-electron chi connectivity index (χ3n) is 13.0. The molecule has 0 spiro atoms. The first-order valence-electron chi connectivity index (χ1n) is 22.2. The first kappa shape index (κ1) is 51.9. The van der Waals surface area contributed by atoms with Gasteiger partial charge in [-0.05, 0) is 61.5 Å². The maximum absolute atomic E-state index is 14.5. The van der Waals surface area contributed by atoms with E-state index in [1.54, 1.807) is 38.1 Å². The van der Waals surface area contributed by atoms with Gasteiger partial charge in [-0.3, -0.25) is 24.0 Å². The molecule has 0 unspecified atom stereocenters. The SMILES string of the molecule is CC[C@H](C)[C@@H]([C@@H](CC(=O)N1CCC[C@H]1[C@H](OC)[C@@H](C)C(=O)C[C@H](C)[C@@H](O)c1ccccc1)OC)N(C)C(=O)[C@@H](CC(=O)[C@H](C(C)C)N(C)C(=O)CCCCCN)C(C)C. The third kappa shape index (κ3) is 14.5. The third-order valence-corrected chi connectivity index (χ3v) is 13.0. The molecule has 1 saturated heterocycles. The number of aliphatic hydroxyl groups is 1. The summed E-state index contributed by atoms with van der Waals surface area (Å²) in [6, 6.07) is 7.89. The fourth-order valence-electron chi connectivity index (χ4n) is 9.10. The molecular weight excluding hydrogens is 749 g/mol. The number of rotatable bonds is 27. The number of methoxy groups -OCH3 is 2. The highest BCUT2D eigenvalue weighted by Gasteiger charge is 2.43. The summed E-state index contributed by atoms with van der Waals surface area (Å²) < 4.78 is 12.1. The van der Waals surface area contributed by atoms with Crippen molar-refractivity contribution in [2.75, 3.05) is 41.4 Å². The van der Waals surface area contributed by atoms with E-state index in [2.05, 4.69) is 0 Å². The van der Waals surface area contributed by atoms with E-state index in [-0.39, 0.29) is 78.3 Å². The van der Waals surface area contributed by atoms with Crippen molar-refractivity contribution in [1.82, 2.24) is 14.7 Å². The van der Waals surface area contributed by atoms with Crippen LogP contribution in [0.25, 0.3) is 0 Å². The van der Waals surface area contributed by atoms with E-state index < -0.39 is 42.2 Å². The van der Waals surface area contributed by atoms with Crippen LogP contribution >= 0.6 is 0 Å². The quantitative estimate of drug-likeness (QED) is 0.0949. The first-order chi connectivity index (χ1) is 27.9. The van der Waals surface area contributed by atoms with Crippen LogP contribution in [0.5, 0.6) is 0 Å². The predicted octanol–water partition coefficient (Wildman–Crippen LogP) is 6.47. The molecule has 0 radical (unpaired) electrons. The van der Waals surface area contributed by atoms with Crippen molar-refractivity contribution in [2.45, 2.75) is 156 Å². The second-order valence-corrected chi connectivity index (χ2v) is 17.9. The first-order valence-corrected chi connectivity index (χ1v) is 22.2. The number of likely N-dealkylation sites (tertiary alicyclic amines) is 1. The standard InChI is InChI=1S/C47H80N4O8/c1-13-32(6)44(50(10)47(57)36(30(2)3)28-39(53)43(31(4)5)49(9)41(54)24-18-15-19-25-48)40(58-11)29-42(55)51-26-20-23-37(51)46(59-12)34(8)38(52)27-33(7)45(56)35-21-16-14-17-22-35/h14,16-17,21-22,30-34,36-37,40,43-46,56H,13,15,18-20,23-29,48H2,1-12H3/t32-,33-,34-,36-,37-,40+,43-,44-,45+,46+/m0/s1. The summed E-state index contributed by atoms with van der Waals surface area (Å²) in [4.78, 5) is 74.7. The molecule has 59 heavy (non-hydrogen) atoms. The highest BCUT2D eigenvalue weighted by Crippen LogP contribution is 2.33. The molecule has 1 aromatic rings. The number of ether oxygens (including phenoxy) is 2. The van der Waals surface area contributed by atoms with Gasteiger partial charge in [-0.25, -0.2) is 0 Å². The Bertz CT molecular complexity index is 1460. The van der Waals surface area contributed by atoms with Crippen molar-refractivity contribution >= 4 is 29.3 Å². The van der Waals surface area contributed by atoms with Crippen LogP contribution in [0.1, 0.15) is 131 Å². The maximum atomic E-state index is 14.5. The van der Waals surface area contributed by atoms with Crippen LogP contribution in [-0.4, -0.2) is 121 Å². The number of likely N-dealkylation sites (N-methyl/N-ethyl adjacent to an activating group) is 2. The summed E-state index contributed by atoms with van der Waals surface area (Å²) >= 11 is 0. The lowest BCUT2D eigenvalue weighted by Gasteiger charge is -2.41. The number of nitrogens with two attached hydrogens (primary N) is 1. The van der Waals surface area contributed by atoms with Crippen molar-refractivity contribution in [3.05, 3.63) is 35.9 Å². The Morgan fingerprint density at radius 3 is 2.02 bits per heavy atom. The maximum Gasteiger partial charge on any atom is 0.226 e. The van der Waals surface area contributed by atoms with E-state index in [9.17, 15) is 29.1 Å². The van der Waals surface area contributed by atoms with E-state index in [1.807, 2.05) is 90.6 Å². The summed E-state index contributed by atoms with van der Waals surface area (Å²) in [5.41, 5.74) is 6.38. The van der Waals surface area contributed by atoms with Gasteiger partial charge in [-0.15, -0.1) is 0 Å². The van der Waals surface area contributed by atoms with Gasteiger partial charge in [0, 0.05) is 66.0 Å². The molecule has 1 fully saturated rings. The highest BCUT2D eigenvalue weighted by atomic mass is 16.5. The number of unbranched alkanes of at least 4 members (excludes halogenated alkanes) is 2. The molecule has 1 heterocycles. The molecule has 336 valence electrons. The van der Waals surface area contributed by atoms with E-state index >= 15 is 0 Å². The van der Waals surface area contributed by atoms with Crippen LogP contribution in [0.4, 0.5) is 0 Å². The molecule has 1 aliphatic heterocycles. The lowest BCUT2D eigenvalue weighted by Crippen LogP contribution is -2.54. The lowest BCUT2D eigenvalue weighted by molar-refractivity contribution is -0.149. The zero-order valence-corrected chi connectivity index (χ0v) is 38.5. The van der Waals surface area contributed by atoms with E-state index in [0.29, 0.717) is 32.4 Å². The molecule has 0 bridgehead atoms. The van der Waals surface area contributed by atoms with Crippen molar-refractivity contribution < 1.29 is 38.6 Å².